The van der Waals surface area contributed by atoms with E-state index in [1.807, 2.05) is 6.92 Å². The summed E-state index contributed by atoms with van der Waals surface area (Å²) in [4.78, 5) is 8.18. The zero-order chi connectivity index (χ0) is 13.5. The Bertz CT molecular complexity index is 390. The van der Waals surface area contributed by atoms with Crippen LogP contribution in [0.15, 0.2) is 6.33 Å². The Hall–Kier alpha value is -1.52. The molecule has 19 heavy (non-hydrogen) atoms. The van der Waals surface area contributed by atoms with E-state index in [2.05, 4.69) is 9.97 Å². The van der Waals surface area contributed by atoms with Crippen LogP contribution in [0.25, 0.3) is 0 Å². The maximum absolute atomic E-state index is 6.01. The summed E-state index contributed by atoms with van der Waals surface area (Å²) < 4.78 is 11.4. The first kappa shape index (κ1) is 13.9. The van der Waals surface area contributed by atoms with Crippen molar-refractivity contribution < 1.29 is 9.47 Å². The van der Waals surface area contributed by atoms with Gasteiger partial charge in [0.25, 0.3) is 0 Å². The number of ether oxygens (including phenoxy) is 2. The van der Waals surface area contributed by atoms with E-state index in [1.54, 1.807) is 0 Å². The lowest BCUT2D eigenvalue weighted by molar-refractivity contribution is 0.176. The van der Waals surface area contributed by atoms with Gasteiger partial charge in [-0.15, -0.1) is 0 Å². The molecule has 0 radical (unpaired) electrons. The molecule has 0 bridgehead atoms. The number of nitrogens with zero attached hydrogens (tertiary/aromatic N) is 2. The van der Waals surface area contributed by atoms with Crippen molar-refractivity contribution in [2.45, 2.75) is 58.0 Å². The fraction of sp³-hybridized carbons (Fsp3) is 0.714. The molecule has 0 atom stereocenters. The van der Waals surface area contributed by atoms with E-state index < -0.39 is 0 Å². The maximum Gasteiger partial charge on any atom is 0.244 e. The van der Waals surface area contributed by atoms with Gasteiger partial charge in [-0.1, -0.05) is 19.8 Å². The lowest BCUT2D eigenvalue weighted by atomic mass is 10.1. The minimum absolute atomic E-state index is 0.221. The number of aromatic nitrogens is 2. The molecule has 5 heteroatoms. The van der Waals surface area contributed by atoms with Crippen molar-refractivity contribution in [2.24, 2.45) is 0 Å². The van der Waals surface area contributed by atoms with E-state index in [0.29, 0.717) is 24.1 Å². The van der Waals surface area contributed by atoms with Gasteiger partial charge in [-0.2, -0.15) is 9.97 Å². The van der Waals surface area contributed by atoms with Gasteiger partial charge in [-0.05, 0) is 32.1 Å². The van der Waals surface area contributed by atoms with Crippen LogP contribution in [0.5, 0.6) is 11.8 Å². The van der Waals surface area contributed by atoms with E-state index in [-0.39, 0.29) is 6.10 Å². The highest BCUT2D eigenvalue weighted by molar-refractivity contribution is 5.55. The first-order valence-electron chi connectivity index (χ1n) is 7.21. The second-order valence-electron chi connectivity index (χ2n) is 4.98. The normalized spacial score (nSPS) is 16.9. The van der Waals surface area contributed by atoms with Gasteiger partial charge in [0.2, 0.25) is 11.8 Å². The van der Waals surface area contributed by atoms with Gasteiger partial charge in [-0.25, -0.2) is 0 Å². The standard InChI is InChI=1S/C14H23N3O2/c1-2-9-18-13-12(15)14(17-10-16-13)19-11-7-5-3-4-6-8-11/h10-11H,2-9,15H2,1H3. The van der Waals surface area contributed by atoms with E-state index in [0.717, 1.165) is 19.3 Å². The van der Waals surface area contributed by atoms with Crippen LogP contribution < -0.4 is 15.2 Å². The minimum Gasteiger partial charge on any atom is -0.476 e. The number of anilines is 1. The SMILES string of the molecule is CCCOc1ncnc(OC2CCCCCC2)c1N. The Morgan fingerprint density at radius 1 is 1.16 bits per heavy atom. The van der Waals surface area contributed by atoms with E-state index in [9.17, 15) is 0 Å². The molecule has 0 aromatic carbocycles. The Kier molecular flexibility index (Phi) is 5.24. The Morgan fingerprint density at radius 3 is 2.53 bits per heavy atom. The summed E-state index contributed by atoms with van der Waals surface area (Å²) in [6, 6.07) is 0. The lowest BCUT2D eigenvalue weighted by Gasteiger charge is -2.17. The van der Waals surface area contributed by atoms with Gasteiger partial charge in [0.15, 0.2) is 5.69 Å². The molecule has 0 spiro atoms. The highest BCUT2D eigenvalue weighted by atomic mass is 16.5. The Morgan fingerprint density at radius 2 is 1.84 bits per heavy atom. The number of rotatable bonds is 5. The summed E-state index contributed by atoms with van der Waals surface area (Å²) in [6.07, 6.45) is 9.77. The van der Waals surface area contributed by atoms with Crippen molar-refractivity contribution in [1.29, 1.82) is 0 Å². The second kappa shape index (κ2) is 7.16. The van der Waals surface area contributed by atoms with Crippen LogP contribution >= 0.6 is 0 Å². The fourth-order valence-electron chi connectivity index (χ4n) is 2.29. The summed E-state index contributed by atoms with van der Waals surface area (Å²) >= 11 is 0. The highest BCUT2D eigenvalue weighted by Gasteiger charge is 2.17. The third-order valence-electron chi connectivity index (χ3n) is 3.33. The molecule has 1 aromatic rings. The molecule has 1 saturated carbocycles. The van der Waals surface area contributed by atoms with Crippen molar-refractivity contribution in [3.8, 4) is 11.8 Å². The van der Waals surface area contributed by atoms with Gasteiger partial charge in [0.05, 0.1) is 6.61 Å². The molecule has 106 valence electrons. The van der Waals surface area contributed by atoms with Crippen LogP contribution in [0.1, 0.15) is 51.9 Å². The molecule has 2 N–H and O–H groups in total. The summed E-state index contributed by atoms with van der Waals surface area (Å²) in [5, 5.41) is 0. The zero-order valence-corrected chi connectivity index (χ0v) is 11.6. The predicted octanol–water partition coefficient (Wildman–Crippen LogP) is 2.95. The zero-order valence-electron chi connectivity index (χ0n) is 11.6. The van der Waals surface area contributed by atoms with Crippen LogP contribution in [0, 0.1) is 0 Å². The van der Waals surface area contributed by atoms with Crippen LogP contribution in [-0.2, 0) is 0 Å². The van der Waals surface area contributed by atoms with Crippen LogP contribution in [0.2, 0.25) is 0 Å². The Labute approximate surface area is 114 Å². The van der Waals surface area contributed by atoms with Gasteiger partial charge in [-0.3, -0.25) is 0 Å². The first-order valence-corrected chi connectivity index (χ1v) is 7.21. The molecule has 1 aliphatic carbocycles. The van der Waals surface area contributed by atoms with Crippen molar-refractivity contribution in [1.82, 2.24) is 9.97 Å². The highest BCUT2D eigenvalue weighted by Crippen LogP contribution is 2.30. The summed E-state index contributed by atoms with van der Waals surface area (Å²) in [7, 11) is 0. The third-order valence-corrected chi connectivity index (χ3v) is 3.33. The van der Waals surface area contributed by atoms with Crippen molar-refractivity contribution >= 4 is 5.69 Å². The van der Waals surface area contributed by atoms with Gasteiger partial charge in [0, 0.05) is 0 Å². The molecule has 1 aromatic heterocycles. The van der Waals surface area contributed by atoms with E-state index >= 15 is 0 Å². The molecular weight excluding hydrogens is 242 g/mol. The number of hydrogen-bond donors (Lipinski definition) is 1. The molecule has 5 nitrogen and oxygen atoms in total. The maximum atomic E-state index is 6.01. The first-order chi connectivity index (χ1) is 9.31. The topological polar surface area (TPSA) is 70.3 Å². The second-order valence-corrected chi connectivity index (χ2v) is 4.98. The molecule has 0 aliphatic heterocycles. The smallest absolute Gasteiger partial charge is 0.244 e. The Balaban J connectivity index is 2.02. The predicted molar refractivity (Wildman–Crippen MR) is 74.3 cm³/mol. The quantitative estimate of drug-likeness (QED) is 0.829. The fourth-order valence-corrected chi connectivity index (χ4v) is 2.29. The van der Waals surface area contributed by atoms with E-state index in [1.165, 1.54) is 32.0 Å². The molecule has 0 unspecified atom stereocenters. The molecule has 0 amide bonds. The van der Waals surface area contributed by atoms with Crippen LogP contribution in [0.3, 0.4) is 0 Å². The minimum atomic E-state index is 0.221. The van der Waals surface area contributed by atoms with Gasteiger partial charge in [0.1, 0.15) is 12.4 Å². The molecule has 1 fully saturated rings. The molecule has 2 rings (SSSR count). The van der Waals surface area contributed by atoms with Crippen molar-refractivity contribution in [2.75, 3.05) is 12.3 Å². The third kappa shape index (κ3) is 3.98. The number of nitrogens with two attached hydrogens (primary N) is 1. The van der Waals surface area contributed by atoms with Crippen LogP contribution in [-0.4, -0.2) is 22.7 Å². The average molecular weight is 265 g/mol. The lowest BCUT2D eigenvalue weighted by Crippen LogP contribution is -2.17. The molecule has 0 saturated heterocycles. The van der Waals surface area contributed by atoms with Crippen molar-refractivity contribution in [3.05, 3.63) is 6.33 Å². The average Bonchev–Trinajstić information content (AvgIpc) is 2.68. The number of hydrogen-bond acceptors (Lipinski definition) is 5. The number of nitrogen functional groups attached to an aromatic ring is 1. The summed E-state index contributed by atoms with van der Waals surface area (Å²) in [6.45, 7) is 2.64. The van der Waals surface area contributed by atoms with Gasteiger partial charge >= 0.3 is 0 Å². The van der Waals surface area contributed by atoms with Gasteiger partial charge < -0.3 is 15.2 Å². The monoisotopic (exact) mass is 265 g/mol. The molecule has 1 aliphatic rings. The molecule has 1 heterocycles. The molecular formula is C14H23N3O2. The largest absolute Gasteiger partial charge is 0.476 e. The van der Waals surface area contributed by atoms with Crippen molar-refractivity contribution in [3.63, 3.8) is 0 Å². The van der Waals surface area contributed by atoms with Crippen LogP contribution in [0.4, 0.5) is 5.69 Å². The summed E-state index contributed by atoms with van der Waals surface area (Å²) in [5.41, 5.74) is 6.42. The summed E-state index contributed by atoms with van der Waals surface area (Å²) in [5.74, 6) is 0.897. The van der Waals surface area contributed by atoms with E-state index in [4.69, 9.17) is 15.2 Å².